The van der Waals surface area contributed by atoms with Crippen LogP contribution in [0.3, 0.4) is 0 Å². The van der Waals surface area contributed by atoms with Crippen LogP contribution in [-0.4, -0.2) is 26.7 Å². The first-order chi connectivity index (χ1) is 8.42. The van der Waals surface area contributed by atoms with Crippen LogP contribution in [-0.2, 0) is 6.42 Å². The summed E-state index contributed by atoms with van der Waals surface area (Å²) in [7, 11) is 0. The van der Waals surface area contributed by atoms with E-state index in [4.69, 9.17) is 0 Å². The zero-order valence-electron chi connectivity index (χ0n) is 9.05. The fourth-order valence-corrected chi connectivity index (χ4v) is 1.63. The van der Waals surface area contributed by atoms with Crippen molar-refractivity contribution in [2.24, 2.45) is 0 Å². The number of H-pyrrole nitrogens is 1. The molecule has 0 aliphatic rings. The maximum absolute atomic E-state index is 4.65. The Labute approximate surface area is 97.1 Å². The van der Waals surface area contributed by atoms with Gasteiger partial charge in [-0.05, 0) is 12.1 Å². The van der Waals surface area contributed by atoms with Crippen molar-refractivity contribution in [3.8, 4) is 0 Å². The molecule has 0 radical (unpaired) electrons. The number of fused-ring (bicyclic) bond motifs is 1. The molecule has 2 aromatic heterocycles. The molecule has 2 N–H and O–H groups in total. The van der Waals surface area contributed by atoms with E-state index >= 15 is 0 Å². The summed E-state index contributed by atoms with van der Waals surface area (Å²) in [4.78, 5) is 11.5. The zero-order chi connectivity index (χ0) is 11.5. The Bertz CT molecular complexity index is 568. The Morgan fingerprint density at radius 3 is 3.06 bits per heavy atom. The quantitative estimate of drug-likeness (QED) is 0.710. The van der Waals surface area contributed by atoms with E-state index < -0.39 is 0 Å². The summed E-state index contributed by atoms with van der Waals surface area (Å²) in [5, 5.41) is 6.92. The van der Waals surface area contributed by atoms with Gasteiger partial charge in [-0.15, -0.1) is 0 Å². The van der Waals surface area contributed by atoms with Crippen molar-refractivity contribution in [2.75, 3.05) is 11.9 Å². The molecule has 0 aliphatic heterocycles. The van der Waals surface area contributed by atoms with E-state index in [1.165, 1.54) is 6.39 Å². The van der Waals surface area contributed by atoms with Gasteiger partial charge in [0.1, 0.15) is 0 Å². The number of aromatic amines is 1. The van der Waals surface area contributed by atoms with Gasteiger partial charge in [-0.25, -0.2) is 4.98 Å². The van der Waals surface area contributed by atoms with E-state index in [1.807, 2.05) is 24.3 Å². The molecule has 0 saturated carbocycles. The molecule has 3 rings (SSSR count). The monoisotopic (exact) mass is 229 g/mol. The van der Waals surface area contributed by atoms with Crippen LogP contribution in [0.4, 0.5) is 5.95 Å². The molecule has 0 bridgehead atoms. The molecule has 3 aromatic rings. The third kappa shape index (κ3) is 2.10. The van der Waals surface area contributed by atoms with Crippen LogP contribution < -0.4 is 5.32 Å². The van der Waals surface area contributed by atoms with E-state index in [9.17, 15) is 0 Å². The van der Waals surface area contributed by atoms with Crippen molar-refractivity contribution in [1.29, 1.82) is 0 Å². The van der Waals surface area contributed by atoms with Crippen LogP contribution in [0.5, 0.6) is 0 Å². The average molecular weight is 229 g/mol. The molecule has 0 unspecified atom stereocenters. The van der Waals surface area contributed by atoms with E-state index in [0.29, 0.717) is 18.8 Å². The maximum Gasteiger partial charge on any atom is 0.213 e. The van der Waals surface area contributed by atoms with Crippen LogP contribution >= 0.6 is 0 Å². The average Bonchev–Trinajstić information content (AvgIpc) is 2.96. The number of nitrogens with zero attached hydrogens (tertiary/aromatic N) is 3. The summed E-state index contributed by atoms with van der Waals surface area (Å²) in [6.45, 7) is 0.708. The van der Waals surface area contributed by atoms with E-state index in [1.54, 1.807) is 0 Å². The molecule has 6 heteroatoms. The minimum absolute atomic E-state index is 0.689. The number of anilines is 1. The molecule has 2 heterocycles. The molecular formula is C11H11N5O. The molecule has 1 aromatic carbocycles. The predicted octanol–water partition coefficient (Wildman–Crippen LogP) is 1.60. The summed E-state index contributed by atoms with van der Waals surface area (Å²) in [6.07, 6.45) is 2.03. The van der Waals surface area contributed by atoms with Gasteiger partial charge in [0.05, 0.1) is 11.0 Å². The number of imidazole rings is 1. The molecule has 0 amide bonds. The summed E-state index contributed by atoms with van der Waals surface area (Å²) in [5.41, 5.74) is 1.98. The van der Waals surface area contributed by atoms with E-state index in [0.717, 1.165) is 17.0 Å². The maximum atomic E-state index is 4.65. The van der Waals surface area contributed by atoms with Crippen LogP contribution in [0.15, 0.2) is 35.2 Å². The molecule has 0 atom stereocenters. The van der Waals surface area contributed by atoms with Crippen LogP contribution in [0.25, 0.3) is 11.0 Å². The Morgan fingerprint density at radius 2 is 2.24 bits per heavy atom. The Morgan fingerprint density at radius 1 is 1.29 bits per heavy atom. The molecule has 17 heavy (non-hydrogen) atoms. The molecule has 0 saturated heterocycles. The van der Waals surface area contributed by atoms with Crippen molar-refractivity contribution in [1.82, 2.24) is 20.1 Å². The largest absolute Gasteiger partial charge is 0.355 e. The second kappa shape index (κ2) is 4.25. The first kappa shape index (κ1) is 9.83. The highest BCUT2D eigenvalue weighted by Gasteiger charge is 2.02. The lowest BCUT2D eigenvalue weighted by molar-refractivity contribution is 0.410. The highest BCUT2D eigenvalue weighted by molar-refractivity contribution is 5.77. The number of benzene rings is 1. The molecule has 0 spiro atoms. The molecule has 6 nitrogen and oxygen atoms in total. The Kier molecular flexibility index (Phi) is 2.45. The van der Waals surface area contributed by atoms with Gasteiger partial charge in [-0.2, -0.15) is 4.98 Å². The van der Waals surface area contributed by atoms with Gasteiger partial charge >= 0.3 is 0 Å². The standard InChI is InChI=1S/C11H11N5O/c1-2-4-9-8(3-1)14-11(15-9)12-6-5-10-13-7-17-16-10/h1-4,7H,5-6H2,(H2,12,14,15). The van der Waals surface area contributed by atoms with Crippen molar-refractivity contribution in [3.05, 3.63) is 36.5 Å². The molecular weight excluding hydrogens is 218 g/mol. The van der Waals surface area contributed by atoms with Crippen LogP contribution in [0.2, 0.25) is 0 Å². The summed E-state index contributed by atoms with van der Waals surface area (Å²) in [6, 6.07) is 7.90. The number of hydrogen-bond donors (Lipinski definition) is 2. The van der Waals surface area contributed by atoms with Crippen molar-refractivity contribution >= 4 is 17.0 Å². The zero-order valence-corrected chi connectivity index (χ0v) is 9.05. The van der Waals surface area contributed by atoms with Gasteiger partial charge < -0.3 is 14.8 Å². The first-order valence-electron chi connectivity index (χ1n) is 5.36. The SMILES string of the molecule is c1ccc2[nH]c(NCCc3ncon3)nc2c1. The van der Waals surface area contributed by atoms with Crippen molar-refractivity contribution in [3.63, 3.8) is 0 Å². The number of para-hydroxylation sites is 2. The van der Waals surface area contributed by atoms with Crippen LogP contribution in [0, 0.1) is 0 Å². The number of rotatable bonds is 4. The fourth-order valence-electron chi connectivity index (χ4n) is 1.63. The van der Waals surface area contributed by atoms with E-state index in [-0.39, 0.29) is 0 Å². The minimum Gasteiger partial charge on any atom is -0.355 e. The second-order valence-electron chi connectivity index (χ2n) is 3.63. The summed E-state index contributed by atoms with van der Waals surface area (Å²) >= 11 is 0. The van der Waals surface area contributed by atoms with Gasteiger partial charge in [0.15, 0.2) is 5.82 Å². The molecule has 86 valence electrons. The third-order valence-corrected chi connectivity index (χ3v) is 2.44. The fraction of sp³-hybridized carbons (Fsp3) is 0.182. The van der Waals surface area contributed by atoms with Crippen molar-refractivity contribution in [2.45, 2.75) is 6.42 Å². The van der Waals surface area contributed by atoms with Crippen molar-refractivity contribution < 1.29 is 4.52 Å². The summed E-state index contributed by atoms with van der Waals surface area (Å²) < 4.78 is 4.65. The van der Waals surface area contributed by atoms with Gasteiger partial charge in [-0.3, -0.25) is 0 Å². The number of nitrogens with one attached hydrogen (secondary N) is 2. The lowest BCUT2D eigenvalue weighted by Gasteiger charge is -1.98. The number of hydrogen-bond acceptors (Lipinski definition) is 5. The minimum atomic E-state index is 0.689. The predicted molar refractivity (Wildman–Crippen MR) is 62.6 cm³/mol. The highest BCUT2D eigenvalue weighted by atomic mass is 16.5. The second-order valence-corrected chi connectivity index (χ2v) is 3.63. The highest BCUT2D eigenvalue weighted by Crippen LogP contribution is 2.12. The topological polar surface area (TPSA) is 79.6 Å². The summed E-state index contributed by atoms with van der Waals surface area (Å²) in [5.74, 6) is 1.45. The van der Waals surface area contributed by atoms with Gasteiger partial charge in [-0.1, -0.05) is 17.3 Å². The number of aromatic nitrogens is 4. The van der Waals surface area contributed by atoms with E-state index in [2.05, 4.69) is 29.9 Å². The third-order valence-electron chi connectivity index (χ3n) is 2.44. The Balaban J connectivity index is 1.65. The normalized spacial score (nSPS) is 10.8. The molecule has 0 aliphatic carbocycles. The van der Waals surface area contributed by atoms with Gasteiger partial charge in [0, 0.05) is 13.0 Å². The lowest BCUT2D eigenvalue weighted by atomic mass is 10.3. The first-order valence-corrected chi connectivity index (χ1v) is 5.36. The molecule has 0 fully saturated rings. The van der Waals surface area contributed by atoms with Gasteiger partial charge in [0.2, 0.25) is 12.3 Å². The van der Waals surface area contributed by atoms with Crippen LogP contribution in [0.1, 0.15) is 5.82 Å². The lowest BCUT2D eigenvalue weighted by Crippen LogP contribution is -2.06. The smallest absolute Gasteiger partial charge is 0.213 e. The van der Waals surface area contributed by atoms with Gasteiger partial charge in [0.25, 0.3) is 0 Å². The Hall–Kier alpha value is -2.37.